The molecular weight excluding hydrogens is 404 g/mol. The Kier molecular flexibility index (Phi) is 5.19. The van der Waals surface area contributed by atoms with Gasteiger partial charge in [0.25, 0.3) is 5.91 Å². The molecule has 2 amide bonds. The molecule has 5 rings (SSSR count). The lowest BCUT2D eigenvalue weighted by atomic mass is 9.60. The fraction of sp³-hybridized carbons (Fsp3) is 0.280. The normalized spacial score (nSPS) is 21.0. The molecule has 2 aliphatic rings. The van der Waals surface area contributed by atoms with Crippen LogP contribution < -0.4 is 0 Å². The topological polar surface area (TPSA) is 86.6 Å². The van der Waals surface area contributed by atoms with Crippen molar-refractivity contribution in [3.05, 3.63) is 96.1 Å². The first-order valence-corrected chi connectivity index (χ1v) is 10.7. The summed E-state index contributed by atoms with van der Waals surface area (Å²) in [6.45, 7) is 0.719. The van der Waals surface area contributed by atoms with Crippen molar-refractivity contribution in [1.29, 1.82) is 0 Å². The molecule has 0 bridgehead atoms. The lowest BCUT2D eigenvalue weighted by Crippen LogP contribution is -2.86. The number of carbonyl (C=O) groups excluding carboxylic acids is 2. The minimum Gasteiger partial charge on any atom is -0.394 e. The van der Waals surface area contributed by atoms with Gasteiger partial charge in [-0.2, -0.15) is 0 Å². The molecule has 2 saturated heterocycles. The smallest absolute Gasteiger partial charge is 0.256 e. The van der Waals surface area contributed by atoms with Crippen LogP contribution in [0.15, 0.2) is 79.3 Å². The van der Waals surface area contributed by atoms with E-state index in [1.165, 1.54) is 0 Å². The van der Waals surface area contributed by atoms with Crippen LogP contribution in [0.4, 0.5) is 0 Å². The Bertz CT molecular complexity index is 1100. The Morgan fingerprint density at radius 3 is 2.44 bits per heavy atom. The second kappa shape index (κ2) is 8.16. The second-order valence-corrected chi connectivity index (χ2v) is 8.41. The van der Waals surface area contributed by atoms with Crippen LogP contribution in [-0.2, 0) is 11.2 Å². The highest BCUT2D eigenvalue weighted by Gasteiger charge is 2.68. The van der Waals surface area contributed by atoms with Gasteiger partial charge in [-0.05, 0) is 29.8 Å². The van der Waals surface area contributed by atoms with Crippen LogP contribution in [0.25, 0.3) is 0 Å². The molecule has 4 heterocycles. The van der Waals surface area contributed by atoms with E-state index in [0.717, 1.165) is 11.3 Å². The van der Waals surface area contributed by atoms with Crippen molar-refractivity contribution in [3.8, 4) is 0 Å². The van der Waals surface area contributed by atoms with Gasteiger partial charge in [-0.25, -0.2) is 0 Å². The van der Waals surface area contributed by atoms with Gasteiger partial charge in [-0.15, -0.1) is 0 Å². The van der Waals surface area contributed by atoms with Crippen LogP contribution in [0.5, 0.6) is 0 Å². The zero-order valence-corrected chi connectivity index (χ0v) is 17.5. The average molecular weight is 428 g/mol. The van der Waals surface area contributed by atoms with E-state index in [0.29, 0.717) is 18.7 Å². The molecule has 2 aliphatic heterocycles. The Morgan fingerprint density at radius 1 is 1.00 bits per heavy atom. The van der Waals surface area contributed by atoms with E-state index in [1.54, 1.807) is 40.5 Å². The lowest BCUT2D eigenvalue weighted by molar-refractivity contribution is -0.178. The number of nitrogens with zero attached hydrogens (tertiary/aromatic N) is 4. The quantitative estimate of drug-likeness (QED) is 0.671. The zero-order chi connectivity index (χ0) is 22.1. The Hall–Kier alpha value is -3.58. The minimum atomic E-state index is -0.540. The number of amides is 2. The van der Waals surface area contributed by atoms with Gasteiger partial charge in [0, 0.05) is 43.3 Å². The summed E-state index contributed by atoms with van der Waals surface area (Å²) in [6, 6.07) is 18.6. The highest BCUT2D eigenvalue weighted by Crippen LogP contribution is 2.54. The monoisotopic (exact) mass is 428 g/mol. The van der Waals surface area contributed by atoms with Gasteiger partial charge in [0.1, 0.15) is 0 Å². The van der Waals surface area contributed by atoms with E-state index < -0.39 is 5.54 Å². The van der Waals surface area contributed by atoms with Gasteiger partial charge in [0.05, 0.1) is 30.2 Å². The molecule has 0 aliphatic carbocycles. The van der Waals surface area contributed by atoms with E-state index in [-0.39, 0.29) is 36.8 Å². The molecule has 32 heavy (non-hydrogen) atoms. The van der Waals surface area contributed by atoms with Gasteiger partial charge in [-0.3, -0.25) is 19.6 Å². The highest BCUT2D eigenvalue weighted by atomic mass is 16.3. The van der Waals surface area contributed by atoms with Gasteiger partial charge < -0.3 is 14.9 Å². The zero-order valence-electron chi connectivity index (χ0n) is 17.5. The van der Waals surface area contributed by atoms with E-state index in [9.17, 15) is 14.7 Å². The molecule has 7 nitrogen and oxygen atoms in total. The summed E-state index contributed by atoms with van der Waals surface area (Å²) in [4.78, 5) is 38.2. The number of likely N-dealkylation sites (tertiary alicyclic amines) is 2. The Labute approximate surface area is 186 Å². The number of aliphatic hydroxyl groups excluding tert-OH is 1. The van der Waals surface area contributed by atoms with E-state index in [4.69, 9.17) is 0 Å². The minimum absolute atomic E-state index is 0.0117. The van der Waals surface area contributed by atoms with Crippen LogP contribution in [-0.4, -0.2) is 68.0 Å². The van der Waals surface area contributed by atoms with Gasteiger partial charge in [0.15, 0.2) is 0 Å². The first-order chi connectivity index (χ1) is 15.6. The molecule has 1 spiro atoms. The van der Waals surface area contributed by atoms with Crippen molar-refractivity contribution in [2.75, 3.05) is 19.7 Å². The summed E-state index contributed by atoms with van der Waals surface area (Å²) in [5.74, 6) is -0.225. The molecule has 0 radical (unpaired) electrons. The summed E-state index contributed by atoms with van der Waals surface area (Å²) in [5.41, 5.74) is 1.73. The standard InChI is InChI=1S/C25H24N4O3/c30-15-21-23(18-7-2-1-3-8-18)25(29(21)24(32)19-9-6-11-26-14-19)16-28(17-25)22(31)13-20-10-4-5-12-27-20/h1-12,14,21,23,30H,13,15-17H2/t21-,23-/m1/s1. The van der Waals surface area contributed by atoms with Crippen LogP contribution >= 0.6 is 0 Å². The fourth-order valence-electron chi connectivity index (χ4n) is 5.18. The van der Waals surface area contributed by atoms with Crippen molar-refractivity contribution < 1.29 is 14.7 Å². The van der Waals surface area contributed by atoms with Crippen LogP contribution in [0.1, 0.15) is 27.5 Å². The molecule has 3 aromatic rings. The number of aromatic nitrogens is 2. The SMILES string of the molecule is O=C(Cc1ccccn1)N1CC2(C1)[C@H](c1ccccc1)[C@@H](CO)N2C(=O)c1cccnc1. The number of carbonyl (C=O) groups is 2. The molecule has 7 heteroatoms. The molecule has 2 atom stereocenters. The van der Waals surface area contributed by atoms with E-state index >= 15 is 0 Å². The first kappa shape index (κ1) is 20.3. The number of hydrogen-bond donors (Lipinski definition) is 1. The number of pyridine rings is 2. The maximum absolute atomic E-state index is 13.4. The van der Waals surface area contributed by atoms with Crippen molar-refractivity contribution in [2.45, 2.75) is 23.9 Å². The first-order valence-electron chi connectivity index (χ1n) is 10.7. The Balaban J connectivity index is 1.42. The average Bonchev–Trinajstić information content (AvgIpc) is 2.79. The molecule has 1 aromatic carbocycles. The molecule has 0 saturated carbocycles. The molecule has 162 valence electrons. The predicted molar refractivity (Wildman–Crippen MR) is 118 cm³/mol. The maximum Gasteiger partial charge on any atom is 0.256 e. The summed E-state index contributed by atoms with van der Waals surface area (Å²) in [7, 11) is 0. The lowest BCUT2D eigenvalue weighted by Gasteiger charge is -2.70. The number of hydrogen-bond acceptors (Lipinski definition) is 5. The van der Waals surface area contributed by atoms with Crippen molar-refractivity contribution in [1.82, 2.24) is 19.8 Å². The Morgan fingerprint density at radius 2 is 1.78 bits per heavy atom. The van der Waals surface area contributed by atoms with Gasteiger partial charge in [-0.1, -0.05) is 36.4 Å². The number of aliphatic hydroxyl groups is 1. The predicted octanol–water partition coefficient (Wildman–Crippen LogP) is 1.90. The van der Waals surface area contributed by atoms with Crippen LogP contribution in [0.2, 0.25) is 0 Å². The highest BCUT2D eigenvalue weighted by molar-refractivity contribution is 5.96. The van der Waals surface area contributed by atoms with Gasteiger partial charge in [0.2, 0.25) is 5.91 Å². The van der Waals surface area contributed by atoms with Crippen molar-refractivity contribution in [2.24, 2.45) is 0 Å². The van der Waals surface area contributed by atoms with Crippen LogP contribution in [0, 0.1) is 0 Å². The molecular formula is C25H24N4O3. The van der Waals surface area contributed by atoms with E-state index in [2.05, 4.69) is 9.97 Å². The summed E-state index contributed by atoms with van der Waals surface area (Å²) < 4.78 is 0. The largest absolute Gasteiger partial charge is 0.394 e. The summed E-state index contributed by atoms with van der Waals surface area (Å²) in [6.07, 6.45) is 5.08. The number of rotatable bonds is 5. The number of benzene rings is 1. The third-order valence-corrected chi connectivity index (χ3v) is 6.59. The molecule has 1 N–H and O–H groups in total. The fourth-order valence-corrected chi connectivity index (χ4v) is 5.18. The third-order valence-electron chi connectivity index (χ3n) is 6.59. The second-order valence-electron chi connectivity index (χ2n) is 8.41. The third kappa shape index (κ3) is 3.26. The maximum atomic E-state index is 13.4. The van der Waals surface area contributed by atoms with E-state index in [1.807, 2.05) is 48.5 Å². The summed E-state index contributed by atoms with van der Waals surface area (Å²) in [5, 5.41) is 10.2. The van der Waals surface area contributed by atoms with Crippen molar-refractivity contribution >= 4 is 11.8 Å². The molecule has 2 aromatic heterocycles. The van der Waals surface area contributed by atoms with Gasteiger partial charge >= 0.3 is 0 Å². The van der Waals surface area contributed by atoms with Crippen molar-refractivity contribution in [3.63, 3.8) is 0 Å². The summed E-state index contributed by atoms with van der Waals surface area (Å²) >= 11 is 0. The molecule has 0 unspecified atom stereocenters. The molecule has 2 fully saturated rings. The van der Waals surface area contributed by atoms with Crippen LogP contribution in [0.3, 0.4) is 0 Å².